The zero-order chi connectivity index (χ0) is 19.9. The van der Waals surface area contributed by atoms with Gasteiger partial charge in [0, 0.05) is 18.1 Å². The van der Waals surface area contributed by atoms with Gasteiger partial charge in [0.2, 0.25) is 5.91 Å². The third-order valence-electron chi connectivity index (χ3n) is 4.04. The highest BCUT2D eigenvalue weighted by Crippen LogP contribution is 2.17. The van der Waals surface area contributed by atoms with Crippen molar-refractivity contribution in [3.63, 3.8) is 0 Å². The number of aromatic nitrogens is 1. The number of para-hydroxylation sites is 1. The lowest BCUT2D eigenvalue weighted by Gasteiger charge is -2.15. The van der Waals surface area contributed by atoms with Crippen LogP contribution in [0.1, 0.15) is 12.5 Å². The topological polar surface area (TPSA) is 72.4 Å². The monoisotopic (exact) mass is 381 g/mol. The zero-order valence-electron chi connectivity index (χ0n) is 15.3. The molecule has 1 aromatic heterocycles. The molecule has 0 saturated carbocycles. The van der Waals surface area contributed by atoms with Crippen LogP contribution in [0, 0.1) is 5.82 Å². The summed E-state index contributed by atoms with van der Waals surface area (Å²) in [6.07, 6.45) is 3.00. The molecule has 2 amide bonds. The lowest BCUT2D eigenvalue weighted by molar-refractivity contribution is -0.132. The Morgan fingerprint density at radius 3 is 2.36 bits per heavy atom. The normalized spacial score (nSPS) is 11.5. The van der Waals surface area contributed by atoms with Crippen LogP contribution in [0.5, 0.6) is 5.75 Å². The van der Waals surface area contributed by atoms with Gasteiger partial charge in [0.1, 0.15) is 0 Å². The van der Waals surface area contributed by atoms with Crippen molar-refractivity contribution in [1.29, 1.82) is 0 Å². The van der Waals surface area contributed by atoms with Crippen molar-refractivity contribution in [1.82, 2.24) is 15.4 Å². The van der Waals surface area contributed by atoms with Crippen LogP contribution >= 0.6 is 0 Å². The second kappa shape index (κ2) is 8.85. The molecule has 2 N–H and O–H groups in total. The van der Waals surface area contributed by atoms with Gasteiger partial charge < -0.3 is 9.30 Å². The summed E-state index contributed by atoms with van der Waals surface area (Å²) in [5.41, 5.74) is 6.41. The Labute approximate surface area is 161 Å². The number of hydrazine groups is 1. The van der Waals surface area contributed by atoms with Gasteiger partial charge in [-0.1, -0.05) is 24.3 Å². The van der Waals surface area contributed by atoms with Crippen LogP contribution in [0.25, 0.3) is 5.69 Å². The van der Waals surface area contributed by atoms with Crippen LogP contribution < -0.4 is 15.6 Å². The Kier molecular flexibility index (Phi) is 6.06. The Morgan fingerprint density at radius 2 is 1.68 bits per heavy atom. The van der Waals surface area contributed by atoms with Crippen molar-refractivity contribution in [2.45, 2.75) is 19.4 Å². The second-order valence-electron chi connectivity index (χ2n) is 6.16. The molecule has 0 bridgehead atoms. The van der Waals surface area contributed by atoms with Crippen LogP contribution in [0.15, 0.2) is 73.1 Å². The fourth-order valence-corrected chi connectivity index (χ4v) is 2.54. The number of halogens is 1. The van der Waals surface area contributed by atoms with E-state index in [1.807, 2.05) is 53.4 Å². The largest absolute Gasteiger partial charge is 0.478 e. The van der Waals surface area contributed by atoms with Crippen LogP contribution in [0.4, 0.5) is 4.39 Å². The number of nitrogens with zero attached hydrogens (tertiary/aromatic N) is 1. The number of amides is 2. The van der Waals surface area contributed by atoms with Gasteiger partial charge in [0.25, 0.3) is 5.91 Å². The summed E-state index contributed by atoms with van der Waals surface area (Å²) < 4.78 is 20.8. The first-order valence-electron chi connectivity index (χ1n) is 8.75. The highest BCUT2D eigenvalue weighted by atomic mass is 19.1. The van der Waals surface area contributed by atoms with Crippen molar-refractivity contribution in [2.75, 3.05) is 0 Å². The van der Waals surface area contributed by atoms with Gasteiger partial charge in [0.15, 0.2) is 17.7 Å². The summed E-state index contributed by atoms with van der Waals surface area (Å²) in [5.74, 6) is -1.55. The van der Waals surface area contributed by atoms with Gasteiger partial charge in [-0.2, -0.15) is 0 Å². The molecule has 144 valence electrons. The smallest absolute Gasteiger partial charge is 0.279 e. The Hall–Kier alpha value is -3.61. The predicted octanol–water partition coefficient (Wildman–Crippen LogP) is 2.77. The first kappa shape index (κ1) is 19.2. The van der Waals surface area contributed by atoms with Crippen molar-refractivity contribution in [2.24, 2.45) is 0 Å². The van der Waals surface area contributed by atoms with Gasteiger partial charge in [-0.25, -0.2) is 4.39 Å². The van der Waals surface area contributed by atoms with Crippen molar-refractivity contribution in [3.8, 4) is 11.4 Å². The maximum absolute atomic E-state index is 13.6. The molecule has 28 heavy (non-hydrogen) atoms. The van der Waals surface area contributed by atoms with Gasteiger partial charge in [-0.05, 0) is 48.9 Å². The van der Waals surface area contributed by atoms with E-state index < -0.39 is 17.8 Å². The first-order chi connectivity index (χ1) is 13.5. The molecule has 0 saturated heterocycles. The Bertz CT molecular complexity index is 940. The number of hydrogen-bond donors (Lipinski definition) is 2. The summed E-state index contributed by atoms with van der Waals surface area (Å²) in [5, 5.41) is 0. The van der Waals surface area contributed by atoms with E-state index in [-0.39, 0.29) is 18.1 Å². The highest BCUT2D eigenvalue weighted by Gasteiger charge is 2.17. The summed E-state index contributed by atoms with van der Waals surface area (Å²) in [4.78, 5) is 24.0. The quantitative estimate of drug-likeness (QED) is 0.645. The number of ether oxygens (including phenoxy) is 1. The van der Waals surface area contributed by atoms with E-state index in [1.165, 1.54) is 25.1 Å². The molecule has 3 rings (SSSR count). The SMILES string of the molecule is CC(Oc1ccccc1F)C(=O)NNC(=O)Cc1ccc(-n2cccc2)cc1. The molecule has 7 heteroatoms. The van der Waals surface area contributed by atoms with Crippen LogP contribution in [-0.2, 0) is 16.0 Å². The van der Waals surface area contributed by atoms with Crippen LogP contribution in [-0.4, -0.2) is 22.5 Å². The average Bonchev–Trinajstić information content (AvgIpc) is 3.23. The average molecular weight is 381 g/mol. The van der Waals surface area contributed by atoms with Crippen LogP contribution in [0.2, 0.25) is 0 Å². The maximum Gasteiger partial charge on any atom is 0.279 e. The van der Waals surface area contributed by atoms with Crippen molar-refractivity contribution in [3.05, 3.63) is 84.4 Å². The lowest BCUT2D eigenvalue weighted by Crippen LogP contribution is -2.47. The van der Waals surface area contributed by atoms with Gasteiger partial charge in [-0.3, -0.25) is 20.4 Å². The summed E-state index contributed by atoms with van der Waals surface area (Å²) in [7, 11) is 0. The summed E-state index contributed by atoms with van der Waals surface area (Å²) in [6, 6.07) is 17.2. The van der Waals surface area contributed by atoms with E-state index in [0.29, 0.717) is 0 Å². The molecule has 2 aromatic carbocycles. The summed E-state index contributed by atoms with van der Waals surface area (Å²) in [6.45, 7) is 1.47. The van der Waals surface area contributed by atoms with E-state index in [4.69, 9.17) is 4.74 Å². The van der Waals surface area contributed by atoms with E-state index >= 15 is 0 Å². The molecule has 1 atom stereocenters. The lowest BCUT2D eigenvalue weighted by atomic mass is 10.1. The third-order valence-corrected chi connectivity index (χ3v) is 4.04. The van der Waals surface area contributed by atoms with Crippen molar-refractivity contribution < 1.29 is 18.7 Å². The minimum absolute atomic E-state index is 0.0285. The van der Waals surface area contributed by atoms with E-state index in [2.05, 4.69) is 10.9 Å². The molecule has 1 unspecified atom stereocenters. The fraction of sp³-hybridized carbons (Fsp3) is 0.143. The minimum atomic E-state index is -0.974. The molecule has 0 fully saturated rings. The molecule has 0 aliphatic carbocycles. The molecule has 0 radical (unpaired) electrons. The van der Waals surface area contributed by atoms with E-state index in [0.717, 1.165) is 11.3 Å². The number of rotatable bonds is 6. The Morgan fingerprint density at radius 1 is 1.00 bits per heavy atom. The fourth-order valence-electron chi connectivity index (χ4n) is 2.54. The minimum Gasteiger partial charge on any atom is -0.478 e. The van der Waals surface area contributed by atoms with E-state index in [9.17, 15) is 14.0 Å². The first-order valence-corrected chi connectivity index (χ1v) is 8.75. The van der Waals surface area contributed by atoms with Gasteiger partial charge in [-0.15, -0.1) is 0 Å². The van der Waals surface area contributed by atoms with Gasteiger partial charge >= 0.3 is 0 Å². The molecule has 0 aliphatic heterocycles. The standard InChI is InChI=1S/C21H20FN3O3/c1-15(28-19-7-3-2-6-18(19)22)21(27)24-23-20(26)14-16-8-10-17(11-9-16)25-12-4-5-13-25/h2-13,15H,14H2,1H3,(H,23,26)(H,24,27). The number of hydrogen-bond acceptors (Lipinski definition) is 3. The van der Waals surface area contributed by atoms with Crippen LogP contribution in [0.3, 0.4) is 0 Å². The molecule has 0 spiro atoms. The number of carbonyl (C=O) groups excluding carboxylic acids is 2. The van der Waals surface area contributed by atoms with E-state index in [1.54, 1.807) is 6.07 Å². The molecule has 6 nitrogen and oxygen atoms in total. The molecule has 0 aliphatic rings. The number of carbonyl (C=O) groups is 2. The zero-order valence-corrected chi connectivity index (χ0v) is 15.3. The number of benzene rings is 2. The highest BCUT2D eigenvalue weighted by molar-refractivity contribution is 5.85. The maximum atomic E-state index is 13.6. The van der Waals surface area contributed by atoms with Crippen molar-refractivity contribution >= 4 is 11.8 Å². The summed E-state index contributed by atoms with van der Waals surface area (Å²) >= 11 is 0. The third kappa shape index (κ3) is 4.97. The molecule has 3 aromatic rings. The Balaban J connectivity index is 1.47. The molecular weight excluding hydrogens is 361 g/mol. The second-order valence-corrected chi connectivity index (χ2v) is 6.16. The number of nitrogens with one attached hydrogen (secondary N) is 2. The predicted molar refractivity (Wildman–Crippen MR) is 102 cm³/mol. The van der Waals surface area contributed by atoms with Gasteiger partial charge in [0.05, 0.1) is 6.42 Å². The molecular formula is C21H20FN3O3. The molecule has 1 heterocycles.